The van der Waals surface area contributed by atoms with Crippen molar-refractivity contribution in [3.8, 4) is 11.5 Å². The number of alkyl carbamates (subject to hydrolysis) is 1. The number of amides is 1. The van der Waals surface area contributed by atoms with Gasteiger partial charge in [0.1, 0.15) is 24.0 Å². The normalized spacial score (nSPS) is 17.5. The van der Waals surface area contributed by atoms with Crippen LogP contribution < -0.4 is 37.3 Å². The van der Waals surface area contributed by atoms with Crippen LogP contribution in [0.25, 0.3) is 0 Å². The van der Waals surface area contributed by atoms with Gasteiger partial charge in [-0.25, -0.2) is 24.0 Å². The molecule has 0 aliphatic carbocycles. The average Bonchev–Trinajstić information content (AvgIpc) is 1.64. The molecule has 2 aromatic carbocycles. The van der Waals surface area contributed by atoms with Crippen LogP contribution in [0.3, 0.4) is 0 Å². The van der Waals surface area contributed by atoms with Crippen LogP contribution in [-0.4, -0.2) is 149 Å². The summed E-state index contributed by atoms with van der Waals surface area (Å²) in [5.74, 6) is 0.338. The molecule has 8 atom stereocenters. The first-order valence-electron chi connectivity index (χ1n) is 30.7. The summed E-state index contributed by atoms with van der Waals surface area (Å²) in [6.45, 7) is 20.5. The lowest BCUT2D eigenvalue weighted by atomic mass is 10.1. The molecule has 0 spiro atoms. The molecule has 2 aliphatic rings. The van der Waals surface area contributed by atoms with Gasteiger partial charge >= 0.3 is 29.8 Å². The number of ether oxygens (including phenoxy) is 13. The standard InChI is InChI=1S/C24H31N3O10.C19H31N3O7.C13H15NO6.C6H12O2/c1-4-19-20(13-21(37-19)26-14-15(2)22(28)25-23(26)29)35-16(3)33-11-5-6-12-34-24(30)36-18-9-7-17(8-10-18)27(31)32;1-5-14-15(28-13(3)26-8-6-7-9-27-19(25)20-4)10-16(29-14)22-11-12(2)17(23)21-18(22)24;1-2-18-9-3-4-10-19-13(15)20-12-7-5-11(6-8-12)14(16)17;1-2-8-6-4-3-5-7/h7-10,14,16,19-21H,4-6,11-13H2,1-3H3,(H,25,28,29);11,13-16H,5-10H2,1-4H3,(H,20,25)(H,21,23,24);2,5-8H,1,3-4,9-10H2;2,7H,1,3-6H2/t16?,19-,20-,21-;13?,14-,15-,16-;;/m11../s1. The fourth-order valence-electron chi connectivity index (χ4n) is 8.65. The number of non-ortho nitro benzene ring substituents is 2. The second-order valence-corrected chi connectivity index (χ2v) is 20.6. The Morgan fingerprint density at radius 3 is 1.33 bits per heavy atom. The smallest absolute Gasteiger partial charge is 0.502 e. The molecule has 32 heteroatoms. The molecule has 94 heavy (non-hydrogen) atoms. The zero-order valence-electron chi connectivity index (χ0n) is 54.1. The monoisotopic (exact) mass is 1330 g/mol. The number of unbranched alkanes of at least 4 members (excludes halogenated alkanes) is 4. The van der Waals surface area contributed by atoms with Gasteiger partial charge in [-0.3, -0.25) is 48.9 Å². The molecule has 6 rings (SSSR count). The molecular formula is C62H89N7O25. The van der Waals surface area contributed by atoms with Crippen LogP contribution in [0.4, 0.5) is 25.8 Å². The van der Waals surface area contributed by atoms with Crippen molar-refractivity contribution >= 4 is 29.8 Å². The maximum Gasteiger partial charge on any atom is 0.513 e. The molecule has 2 unspecified atom stereocenters. The Labute approximate surface area is 542 Å². The molecule has 1 amide bonds. The second kappa shape index (κ2) is 44.7. The van der Waals surface area contributed by atoms with E-state index in [2.05, 4.69) is 28.4 Å². The largest absolute Gasteiger partial charge is 0.513 e. The second-order valence-electron chi connectivity index (χ2n) is 20.6. The van der Waals surface area contributed by atoms with Crippen molar-refractivity contribution in [2.75, 3.05) is 59.9 Å². The van der Waals surface area contributed by atoms with Crippen LogP contribution in [0, 0.1) is 34.1 Å². The van der Waals surface area contributed by atoms with E-state index in [-0.39, 0.29) is 67.1 Å². The van der Waals surface area contributed by atoms with E-state index in [9.17, 15) is 53.8 Å². The number of carbonyl (C=O) groups is 3. The molecule has 2 aromatic heterocycles. The van der Waals surface area contributed by atoms with Gasteiger partial charge in [-0.05, 0) is 116 Å². The first kappa shape index (κ1) is 79.4. The molecule has 0 bridgehead atoms. The van der Waals surface area contributed by atoms with Gasteiger partial charge in [0.25, 0.3) is 22.5 Å². The van der Waals surface area contributed by atoms with Crippen molar-refractivity contribution in [3.63, 3.8) is 0 Å². The molecule has 4 N–H and O–H groups in total. The SMILES string of the molecule is C=COCCCCO.C=COCCCCOC(=O)Oc1ccc([N+](=O)[O-])cc1.CC[C@H]1O[C@@H](n2cc(C)c(=O)[nH]c2=O)C[C@H]1OC(C)OCCCCOC(=O)NC.CC[C@H]1O[C@@H](n2cc(C)c(=O)[nH]c2=O)C[C@H]1OC(C)OCCCCOC(=O)Oc1ccc([N+](=O)[O-])cc1. The topological polar surface area (TPSA) is 399 Å². The number of nitrogens with zero attached hydrogens (tertiary/aromatic N) is 4. The number of nitro benzene ring substituents is 2. The van der Waals surface area contributed by atoms with E-state index in [0.29, 0.717) is 89.1 Å². The Morgan fingerprint density at radius 2 is 0.979 bits per heavy atom. The molecule has 4 aromatic rings. The summed E-state index contributed by atoms with van der Waals surface area (Å²) < 4.78 is 72.4. The molecule has 2 saturated heterocycles. The summed E-state index contributed by atoms with van der Waals surface area (Å²) in [5.41, 5.74) is -1.16. The number of aryl methyl sites for hydroxylation is 2. The summed E-state index contributed by atoms with van der Waals surface area (Å²) in [6.07, 6.45) is 8.63. The molecule has 32 nitrogen and oxygen atoms in total. The summed E-state index contributed by atoms with van der Waals surface area (Å²) in [6, 6.07) is 10.2. The highest BCUT2D eigenvalue weighted by Crippen LogP contribution is 2.34. The zero-order valence-corrected chi connectivity index (χ0v) is 54.1. The van der Waals surface area contributed by atoms with Crippen LogP contribution in [0.5, 0.6) is 11.5 Å². The Bertz CT molecular complexity index is 3170. The molecular weight excluding hydrogens is 1240 g/mol. The third-order valence-electron chi connectivity index (χ3n) is 13.5. The van der Waals surface area contributed by atoms with E-state index in [0.717, 1.165) is 32.1 Å². The summed E-state index contributed by atoms with van der Waals surface area (Å²) in [4.78, 5) is 106. The van der Waals surface area contributed by atoms with E-state index in [1.54, 1.807) is 20.8 Å². The predicted octanol–water partition coefficient (Wildman–Crippen LogP) is 8.59. The minimum atomic E-state index is -0.898. The van der Waals surface area contributed by atoms with Crippen LogP contribution >= 0.6 is 0 Å². The highest BCUT2D eigenvalue weighted by molar-refractivity contribution is 5.66. The lowest BCUT2D eigenvalue weighted by molar-refractivity contribution is -0.385. The summed E-state index contributed by atoms with van der Waals surface area (Å²) >= 11 is 0. The number of rotatable bonds is 35. The third-order valence-corrected chi connectivity index (χ3v) is 13.5. The van der Waals surface area contributed by atoms with E-state index >= 15 is 0 Å². The van der Waals surface area contributed by atoms with Crippen LogP contribution in [0.1, 0.15) is 128 Å². The Hall–Kier alpha value is -8.79. The number of hydrogen-bond acceptors (Lipinski definition) is 25. The van der Waals surface area contributed by atoms with Crippen LogP contribution in [0.2, 0.25) is 0 Å². The van der Waals surface area contributed by atoms with Gasteiger partial charge in [0, 0.05) is 87.5 Å². The number of aromatic nitrogens is 4. The molecule has 4 heterocycles. The van der Waals surface area contributed by atoms with Crippen LogP contribution in [-0.2, 0) is 52.1 Å². The Morgan fingerprint density at radius 1 is 0.617 bits per heavy atom. The van der Waals surface area contributed by atoms with E-state index in [1.165, 1.54) is 89.6 Å². The van der Waals surface area contributed by atoms with Crippen molar-refractivity contribution < 1.29 is 90.9 Å². The molecule has 0 saturated carbocycles. The van der Waals surface area contributed by atoms with Gasteiger partial charge in [-0.15, -0.1) is 0 Å². The molecule has 0 radical (unpaired) electrons. The predicted molar refractivity (Wildman–Crippen MR) is 337 cm³/mol. The van der Waals surface area contributed by atoms with Crippen molar-refractivity contribution in [2.24, 2.45) is 0 Å². The number of aliphatic hydroxyl groups is 1. The van der Waals surface area contributed by atoms with Gasteiger partial charge in [-0.2, -0.15) is 0 Å². The minimum Gasteiger partial charge on any atom is -0.502 e. The number of aliphatic hydroxyl groups excluding tert-OH is 1. The first-order valence-corrected chi connectivity index (χ1v) is 30.7. The number of aromatic amines is 2. The van der Waals surface area contributed by atoms with E-state index in [1.807, 2.05) is 20.8 Å². The Balaban J connectivity index is 0.000000359. The number of benzene rings is 2. The number of H-pyrrole nitrogens is 2. The van der Waals surface area contributed by atoms with Gasteiger partial charge in [0.15, 0.2) is 12.6 Å². The van der Waals surface area contributed by atoms with Gasteiger partial charge < -0.3 is 72.0 Å². The number of nitro groups is 2. The third kappa shape index (κ3) is 30.3. The lowest BCUT2D eigenvalue weighted by Gasteiger charge is -2.22. The minimum absolute atomic E-state index is 0.0760. The molecule has 2 fully saturated rings. The summed E-state index contributed by atoms with van der Waals surface area (Å²) in [7, 11) is 1.51. The van der Waals surface area contributed by atoms with Crippen LogP contribution in [0.15, 0.2) is 106 Å². The van der Waals surface area contributed by atoms with Crippen molar-refractivity contribution in [2.45, 2.75) is 168 Å². The van der Waals surface area contributed by atoms with Crippen molar-refractivity contribution in [3.05, 3.63) is 160 Å². The van der Waals surface area contributed by atoms with Gasteiger partial charge in [-0.1, -0.05) is 27.0 Å². The van der Waals surface area contributed by atoms with E-state index < -0.39 is 75.8 Å². The average molecular weight is 1330 g/mol. The summed E-state index contributed by atoms with van der Waals surface area (Å²) in [5, 5.41) is 31.8. The zero-order chi connectivity index (χ0) is 69.4. The fourth-order valence-corrected chi connectivity index (χ4v) is 8.65. The van der Waals surface area contributed by atoms with E-state index in [4.69, 9.17) is 66.7 Å². The van der Waals surface area contributed by atoms with Crippen molar-refractivity contribution in [1.82, 2.24) is 24.4 Å². The quantitative estimate of drug-likeness (QED) is 0.00489. The lowest BCUT2D eigenvalue weighted by Crippen LogP contribution is -2.33. The number of hydrogen-bond donors (Lipinski definition) is 4. The maximum atomic E-state index is 12.2. The number of carbonyl (C=O) groups excluding carboxylic acids is 3. The molecule has 2 aliphatic heterocycles. The Kier molecular flexibility index (Phi) is 37.8. The van der Waals surface area contributed by atoms with Crippen molar-refractivity contribution in [1.29, 1.82) is 0 Å². The first-order chi connectivity index (χ1) is 45.1. The number of nitrogens with one attached hydrogen (secondary N) is 3. The van der Waals surface area contributed by atoms with Gasteiger partial charge in [0.05, 0.1) is 79.8 Å². The fraction of sp³-hybridized carbons (Fsp3) is 0.565. The highest BCUT2D eigenvalue weighted by Gasteiger charge is 2.39. The highest BCUT2D eigenvalue weighted by atomic mass is 16.7. The van der Waals surface area contributed by atoms with Gasteiger partial charge in [0.2, 0.25) is 0 Å². The molecule has 522 valence electrons. The maximum absolute atomic E-state index is 12.2.